The van der Waals surface area contributed by atoms with Gasteiger partial charge >= 0.3 is 0 Å². The second-order valence-electron chi connectivity index (χ2n) is 4.88. The van der Waals surface area contributed by atoms with Gasteiger partial charge in [-0.15, -0.1) is 0 Å². The normalized spacial score (nSPS) is 21.9. The van der Waals surface area contributed by atoms with E-state index in [0.717, 1.165) is 12.8 Å². The average Bonchev–Trinajstić information content (AvgIpc) is 2.29. The Labute approximate surface area is 120 Å². The number of nitrogens with zero attached hydrogens (tertiary/aromatic N) is 2. The maximum absolute atomic E-state index is 11.0. The van der Waals surface area contributed by atoms with Crippen molar-refractivity contribution in [3.05, 3.63) is 32.3 Å². The summed E-state index contributed by atoms with van der Waals surface area (Å²) in [4.78, 5) is 12.4. The number of rotatable bonds is 4. The third-order valence-electron chi connectivity index (χ3n) is 3.37. The molecule has 5 nitrogen and oxygen atoms in total. The molecule has 0 aromatic heterocycles. The van der Waals surface area contributed by atoms with Gasteiger partial charge in [-0.05, 0) is 24.8 Å². The predicted octanol–water partition coefficient (Wildman–Crippen LogP) is 3.11. The van der Waals surface area contributed by atoms with Crippen LogP contribution >= 0.6 is 23.2 Å². The molecule has 0 bridgehead atoms. The van der Waals surface area contributed by atoms with Crippen LogP contribution in [-0.2, 0) is 0 Å². The zero-order chi connectivity index (χ0) is 14.2. The maximum atomic E-state index is 11.0. The van der Waals surface area contributed by atoms with Crippen molar-refractivity contribution in [1.82, 2.24) is 0 Å². The summed E-state index contributed by atoms with van der Waals surface area (Å²) in [6.45, 7) is 0.649. The first-order valence-electron chi connectivity index (χ1n) is 5.91. The molecule has 1 saturated carbocycles. The summed E-state index contributed by atoms with van der Waals surface area (Å²) in [6.07, 6.45) is 1.24. The van der Waals surface area contributed by atoms with Gasteiger partial charge in [-0.3, -0.25) is 10.1 Å². The second kappa shape index (κ2) is 5.53. The van der Waals surface area contributed by atoms with E-state index in [4.69, 9.17) is 23.2 Å². The van der Waals surface area contributed by atoms with Crippen molar-refractivity contribution in [2.45, 2.75) is 18.9 Å². The van der Waals surface area contributed by atoms with Crippen LogP contribution in [-0.4, -0.2) is 29.7 Å². The van der Waals surface area contributed by atoms with Gasteiger partial charge < -0.3 is 10.0 Å². The lowest BCUT2D eigenvalue weighted by Crippen LogP contribution is -2.37. The molecular weight excluding hydrogens is 291 g/mol. The van der Waals surface area contributed by atoms with E-state index in [1.165, 1.54) is 12.1 Å². The van der Waals surface area contributed by atoms with Crippen LogP contribution in [0.15, 0.2) is 12.1 Å². The summed E-state index contributed by atoms with van der Waals surface area (Å²) in [5, 5.41) is 20.8. The van der Waals surface area contributed by atoms with Gasteiger partial charge in [-0.25, -0.2) is 0 Å². The van der Waals surface area contributed by atoms with Crippen molar-refractivity contribution in [2.24, 2.45) is 5.92 Å². The Kier molecular flexibility index (Phi) is 4.18. The van der Waals surface area contributed by atoms with E-state index < -0.39 is 4.92 Å². The number of nitro groups is 1. The highest BCUT2D eigenvalue weighted by Crippen LogP contribution is 2.37. The fraction of sp³-hybridized carbons (Fsp3) is 0.500. The molecule has 0 saturated heterocycles. The van der Waals surface area contributed by atoms with Crippen LogP contribution in [0.25, 0.3) is 0 Å². The topological polar surface area (TPSA) is 66.6 Å². The Bertz CT molecular complexity index is 504. The molecule has 0 aliphatic heterocycles. The van der Waals surface area contributed by atoms with Gasteiger partial charge in [0.1, 0.15) is 5.69 Å². The van der Waals surface area contributed by atoms with Crippen molar-refractivity contribution in [2.75, 3.05) is 18.5 Å². The van der Waals surface area contributed by atoms with Gasteiger partial charge in [-0.1, -0.05) is 23.2 Å². The van der Waals surface area contributed by atoms with E-state index >= 15 is 0 Å². The molecule has 0 unspecified atom stereocenters. The monoisotopic (exact) mass is 304 g/mol. The van der Waals surface area contributed by atoms with Gasteiger partial charge in [-0.2, -0.15) is 0 Å². The molecule has 1 aliphatic rings. The fourth-order valence-corrected chi connectivity index (χ4v) is 2.63. The summed E-state index contributed by atoms with van der Waals surface area (Å²) in [7, 11) is 1.78. The highest BCUT2D eigenvalue weighted by Gasteiger charge is 2.29. The Hall–Kier alpha value is -1.04. The smallest absolute Gasteiger partial charge is 0.294 e. The van der Waals surface area contributed by atoms with Crippen molar-refractivity contribution < 1.29 is 10.0 Å². The Morgan fingerprint density at radius 2 is 2.00 bits per heavy atom. The van der Waals surface area contributed by atoms with E-state index in [-0.39, 0.29) is 16.8 Å². The van der Waals surface area contributed by atoms with E-state index in [1.54, 1.807) is 11.9 Å². The number of nitro benzene ring substituents is 1. The molecular formula is C12H14Cl2N2O3. The first-order valence-corrected chi connectivity index (χ1v) is 6.66. The van der Waals surface area contributed by atoms with Gasteiger partial charge in [0.15, 0.2) is 0 Å². The quantitative estimate of drug-likeness (QED) is 0.685. The lowest BCUT2D eigenvalue weighted by molar-refractivity contribution is -0.384. The first kappa shape index (κ1) is 14.4. The van der Waals surface area contributed by atoms with Crippen LogP contribution in [0.4, 0.5) is 11.4 Å². The fourth-order valence-electron chi connectivity index (χ4n) is 2.31. The van der Waals surface area contributed by atoms with Crippen molar-refractivity contribution >= 4 is 34.6 Å². The van der Waals surface area contributed by atoms with E-state index in [1.807, 2.05) is 0 Å². The van der Waals surface area contributed by atoms with Gasteiger partial charge in [0.2, 0.25) is 0 Å². The molecule has 0 amide bonds. The summed E-state index contributed by atoms with van der Waals surface area (Å²) >= 11 is 11.7. The number of aliphatic hydroxyl groups excluding tert-OH is 1. The molecule has 1 aromatic rings. The minimum atomic E-state index is -0.469. The molecule has 1 aromatic carbocycles. The van der Waals surface area contributed by atoms with Crippen LogP contribution in [0.3, 0.4) is 0 Å². The van der Waals surface area contributed by atoms with Crippen LogP contribution in [0.5, 0.6) is 0 Å². The number of halogens is 2. The molecule has 0 radical (unpaired) electrons. The number of benzene rings is 1. The number of aliphatic hydroxyl groups is 1. The lowest BCUT2D eigenvalue weighted by Gasteiger charge is -2.35. The van der Waals surface area contributed by atoms with Crippen molar-refractivity contribution in [3.8, 4) is 0 Å². The Morgan fingerprint density at radius 3 is 2.53 bits per heavy atom. The van der Waals surface area contributed by atoms with E-state index in [0.29, 0.717) is 23.2 Å². The molecule has 1 fully saturated rings. The third kappa shape index (κ3) is 3.11. The van der Waals surface area contributed by atoms with Gasteiger partial charge in [0.05, 0.1) is 21.1 Å². The highest BCUT2D eigenvalue weighted by molar-refractivity contribution is 6.42. The second-order valence-corrected chi connectivity index (χ2v) is 5.70. The lowest BCUT2D eigenvalue weighted by atomic mass is 9.82. The van der Waals surface area contributed by atoms with Gasteiger partial charge in [0, 0.05) is 19.7 Å². The van der Waals surface area contributed by atoms with Crippen molar-refractivity contribution in [1.29, 1.82) is 0 Å². The highest BCUT2D eigenvalue weighted by atomic mass is 35.5. The van der Waals surface area contributed by atoms with Gasteiger partial charge in [0.25, 0.3) is 5.69 Å². The average molecular weight is 305 g/mol. The molecule has 1 aliphatic carbocycles. The maximum Gasteiger partial charge on any atom is 0.294 e. The summed E-state index contributed by atoms with van der Waals surface area (Å²) in [5.41, 5.74) is 0.387. The summed E-state index contributed by atoms with van der Waals surface area (Å²) < 4.78 is 0. The molecule has 2 rings (SSSR count). The molecule has 0 heterocycles. The van der Waals surface area contributed by atoms with E-state index in [9.17, 15) is 15.2 Å². The zero-order valence-corrected chi connectivity index (χ0v) is 11.9. The van der Waals surface area contributed by atoms with Crippen LogP contribution in [0.2, 0.25) is 10.0 Å². The molecule has 7 heteroatoms. The largest absolute Gasteiger partial charge is 0.393 e. The minimum absolute atomic E-state index is 0.0585. The first-order chi connectivity index (χ1) is 8.88. The molecule has 1 N–H and O–H groups in total. The minimum Gasteiger partial charge on any atom is -0.393 e. The SMILES string of the molecule is CN(CC1CC(O)C1)c1cc(Cl)c(Cl)cc1[N+](=O)[O-]. The molecule has 0 atom stereocenters. The third-order valence-corrected chi connectivity index (χ3v) is 4.09. The number of hydrogen-bond acceptors (Lipinski definition) is 4. The standard InChI is InChI=1S/C12H14Cl2N2O3/c1-15(6-7-2-8(17)3-7)11-4-9(13)10(14)5-12(11)16(18)19/h4-5,7-8,17H,2-3,6H2,1H3. The van der Waals surface area contributed by atoms with Crippen LogP contribution < -0.4 is 4.90 Å². The zero-order valence-electron chi connectivity index (χ0n) is 10.3. The Balaban J connectivity index is 2.22. The van der Waals surface area contributed by atoms with E-state index in [2.05, 4.69) is 0 Å². The molecule has 19 heavy (non-hydrogen) atoms. The Morgan fingerprint density at radius 1 is 1.42 bits per heavy atom. The summed E-state index contributed by atoms with van der Waals surface area (Å²) in [6, 6.07) is 2.78. The number of hydrogen-bond donors (Lipinski definition) is 1. The van der Waals surface area contributed by atoms with Crippen LogP contribution in [0, 0.1) is 16.0 Å². The number of anilines is 1. The molecule has 104 valence electrons. The van der Waals surface area contributed by atoms with Crippen molar-refractivity contribution in [3.63, 3.8) is 0 Å². The van der Waals surface area contributed by atoms with Crippen LogP contribution in [0.1, 0.15) is 12.8 Å². The summed E-state index contributed by atoms with van der Waals surface area (Å²) in [5.74, 6) is 0.356. The molecule has 0 spiro atoms. The predicted molar refractivity (Wildman–Crippen MR) is 75.1 cm³/mol.